The van der Waals surface area contributed by atoms with Gasteiger partial charge in [-0.1, -0.05) is 18.2 Å². The summed E-state index contributed by atoms with van der Waals surface area (Å²) in [6, 6.07) is 9.26. The third-order valence-electron chi connectivity index (χ3n) is 3.16. The molecule has 22 heavy (non-hydrogen) atoms. The van der Waals surface area contributed by atoms with Crippen LogP contribution in [-0.2, 0) is 16.0 Å². The number of hydrogen-bond acceptors (Lipinski definition) is 4. The molecule has 0 aliphatic carbocycles. The molecule has 0 atom stereocenters. The lowest BCUT2D eigenvalue weighted by atomic mass is 10.2. The molecule has 0 unspecified atom stereocenters. The number of carbonyl (C=O) groups excluding carboxylic acids is 2. The minimum Gasteiger partial charge on any atom is -0.356 e. The highest BCUT2D eigenvalue weighted by molar-refractivity contribution is 7.09. The van der Waals surface area contributed by atoms with Crippen molar-refractivity contribution >= 4 is 28.8 Å². The SMILES string of the molecule is Cc1ncsc1CCC(=O)NCCC(=O)Nc1ccccc1. The van der Waals surface area contributed by atoms with Crippen molar-refractivity contribution in [3.63, 3.8) is 0 Å². The molecule has 2 N–H and O–H groups in total. The summed E-state index contributed by atoms with van der Waals surface area (Å²) in [5.41, 5.74) is 3.54. The summed E-state index contributed by atoms with van der Waals surface area (Å²) < 4.78 is 0. The summed E-state index contributed by atoms with van der Waals surface area (Å²) in [7, 11) is 0. The highest BCUT2D eigenvalue weighted by atomic mass is 32.1. The third kappa shape index (κ3) is 5.29. The molecule has 2 aromatic rings. The molecule has 5 nitrogen and oxygen atoms in total. The van der Waals surface area contributed by atoms with Crippen molar-refractivity contribution in [1.82, 2.24) is 10.3 Å². The Morgan fingerprint density at radius 3 is 2.59 bits per heavy atom. The number of amides is 2. The number of hydrogen-bond donors (Lipinski definition) is 2. The second kappa shape index (κ2) is 8.29. The molecular weight excluding hydrogens is 298 g/mol. The summed E-state index contributed by atoms with van der Waals surface area (Å²) >= 11 is 1.57. The molecule has 0 saturated carbocycles. The van der Waals surface area contributed by atoms with Gasteiger partial charge in [0.25, 0.3) is 0 Å². The first-order chi connectivity index (χ1) is 10.6. The highest BCUT2D eigenvalue weighted by Crippen LogP contribution is 2.14. The number of rotatable bonds is 7. The van der Waals surface area contributed by atoms with Crippen molar-refractivity contribution in [3.8, 4) is 0 Å². The fourth-order valence-corrected chi connectivity index (χ4v) is 2.72. The molecule has 0 radical (unpaired) electrons. The standard InChI is InChI=1S/C16H19N3O2S/c1-12-14(22-11-18-12)7-8-15(20)17-10-9-16(21)19-13-5-3-2-4-6-13/h2-6,11H,7-10H2,1H3,(H,17,20)(H,19,21). The molecule has 0 aliphatic rings. The number of benzene rings is 1. The zero-order valence-electron chi connectivity index (χ0n) is 12.5. The van der Waals surface area contributed by atoms with Crippen LogP contribution in [0.5, 0.6) is 0 Å². The molecule has 2 rings (SSSR count). The molecule has 0 fully saturated rings. The highest BCUT2D eigenvalue weighted by Gasteiger charge is 2.07. The van der Waals surface area contributed by atoms with Crippen molar-refractivity contribution in [2.24, 2.45) is 0 Å². The maximum atomic E-state index is 11.7. The van der Waals surface area contributed by atoms with Gasteiger partial charge in [0.2, 0.25) is 11.8 Å². The van der Waals surface area contributed by atoms with E-state index in [1.165, 1.54) is 0 Å². The van der Waals surface area contributed by atoms with Crippen molar-refractivity contribution in [3.05, 3.63) is 46.4 Å². The maximum Gasteiger partial charge on any atom is 0.226 e. The van der Waals surface area contributed by atoms with Gasteiger partial charge in [0.15, 0.2) is 0 Å². The molecule has 1 aromatic carbocycles. The van der Waals surface area contributed by atoms with Gasteiger partial charge in [-0.15, -0.1) is 11.3 Å². The Bertz CT molecular complexity index is 625. The van der Waals surface area contributed by atoms with Gasteiger partial charge >= 0.3 is 0 Å². The van der Waals surface area contributed by atoms with E-state index >= 15 is 0 Å². The van der Waals surface area contributed by atoms with Crippen LogP contribution < -0.4 is 10.6 Å². The first-order valence-corrected chi connectivity index (χ1v) is 8.03. The molecule has 1 heterocycles. The Balaban J connectivity index is 1.62. The van der Waals surface area contributed by atoms with Crippen LogP contribution in [0.3, 0.4) is 0 Å². The van der Waals surface area contributed by atoms with Gasteiger partial charge in [-0.3, -0.25) is 9.59 Å². The Kier molecular flexibility index (Phi) is 6.09. The van der Waals surface area contributed by atoms with Crippen LogP contribution in [0.2, 0.25) is 0 Å². The van der Waals surface area contributed by atoms with Gasteiger partial charge in [-0.05, 0) is 25.5 Å². The Morgan fingerprint density at radius 1 is 1.14 bits per heavy atom. The molecule has 2 amide bonds. The smallest absolute Gasteiger partial charge is 0.226 e. The number of thiazole rings is 1. The molecular formula is C16H19N3O2S. The zero-order valence-corrected chi connectivity index (χ0v) is 13.3. The number of nitrogens with one attached hydrogen (secondary N) is 2. The number of carbonyl (C=O) groups is 2. The molecule has 116 valence electrons. The molecule has 1 aromatic heterocycles. The van der Waals surface area contributed by atoms with E-state index in [4.69, 9.17) is 0 Å². The van der Waals surface area contributed by atoms with E-state index in [-0.39, 0.29) is 18.2 Å². The molecule has 6 heteroatoms. The van der Waals surface area contributed by atoms with E-state index < -0.39 is 0 Å². The number of para-hydroxylation sites is 1. The summed E-state index contributed by atoms with van der Waals surface area (Å²) in [6.45, 7) is 2.29. The van der Waals surface area contributed by atoms with E-state index in [1.807, 2.05) is 37.3 Å². The van der Waals surface area contributed by atoms with Crippen molar-refractivity contribution in [1.29, 1.82) is 0 Å². The van der Waals surface area contributed by atoms with Crippen LogP contribution in [0, 0.1) is 6.92 Å². The van der Waals surface area contributed by atoms with E-state index in [1.54, 1.807) is 16.8 Å². The Morgan fingerprint density at radius 2 is 1.91 bits per heavy atom. The maximum absolute atomic E-state index is 11.7. The zero-order chi connectivity index (χ0) is 15.8. The van der Waals surface area contributed by atoms with Crippen LogP contribution in [0.25, 0.3) is 0 Å². The normalized spacial score (nSPS) is 10.2. The van der Waals surface area contributed by atoms with Gasteiger partial charge in [0, 0.05) is 30.0 Å². The predicted molar refractivity (Wildman–Crippen MR) is 87.9 cm³/mol. The summed E-state index contributed by atoms with van der Waals surface area (Å²) in [4.78, 5) is 28.7. The largest absolute Gasteiger partial charge is 0.356 e. The van der Waals surface area contributed by atoms with Gasteiger partial charge in [-0.2, -0.15) is 0 Å². The van der Waals surface area contributed by atoms with E-state index in [2.05, 4.69) is 15.6 Å². The summed E-state index contributed by atoms with van der Waals surface area (Å²) in [6.07, 6.45) is 1.38. The number of nitrogens with zero attached hydrogens (tertiary/aromatic N) is 1. The second-order valence-electron chi connectivity index (χ2n) is 4.88. The van der Waals surface area contributed by atoms with Crippen molar-refractivity contribution in [2.75, 3.05) is 11.9 Å². The minimum absolute atomic E-state index is 0.0414. The average molecular weight is 317 g/mol. The Hall–Kier alpha value is -2.21. The number of aryl methyl sites for hydroxylation is 2. The first kappa shape index (κ1) is 16.2. The lowest BCUT2D eigenvalue weighted by Gasteiger charge is -2.06. The topological polar surface area (TPSA) is 71.1 Å². The van der Waals surface area contributed by atoms with Crippen molar-refractivity contribution in [2.45, 2.75) is 26.2 Å². The lowest BCUT2D eigenvalue weighted by molar-refractivity contribution is -0.121. The number of aromatic nitrogens is 1. The number of anilines is 1. The van der Waals surface area contributed by atoms with Crippen molar-refractivity contribution < 1.29 is 9.59 Å². The predicted octanol–water partition coefficient (Wildman–Crippen LogP) is 2.53. The van der Waals surface area contributed by atoms with E-state index in [0.717, 1.165) is 16.3 Å². The minimum atomic E-state index is -0.107. The lowest BCUT2D eigenvalue weighted by Crippen LogP contribution is -2.27. The molecule has 0 aliphatic heterocycles. The average Bonchev–Trinajstić information content (AvgIpc) is 2.91. The van der Waals surface area contributed by atoms with Gasteiger partial charge in [0.05, 0.1) is 11.2 Å². The fourth-order valence-electron chi connectivity index (χ4n) is 1.94. The third-order valence-corrected chi connectivity index (χ3v) is 4.15. The summed E-state index contributed by atoms with van der Waals surface area (Å²) in [5, 5.41) is 5.55. The van der Waals surface area contributed by atoms with Gasteiger partial charge < -0.3 is 10.6 Å². The van der Waals surface area contributed by atoms with Gasteiger partial charge in [0.1, 0.15) is 0 Å². The van der Waals surface area contributed by atoms with Crippen LogP contribution in [-0.4, -0.2) is 23.3 Å². The van der Waals surface area contributed by atoms with Crippen LogP contribution in [0.1, 0.15) is 23.4 Å². The van der Waals surface area contributed by atoms with Crippen LogP contribution >= 0.6 is 11.3 Å². The molecule has 0 bridgehead atoms. The van der Waals surface area contributed by atoms with Crippen LogP contribution in [0.4, 0.5) is 5.69 Å². The second-order valence-corrected chi connectivity index (χ2v) is 5.81. The summed E-state index contributed by atoms with van der Waals surface area (Å²) in [5.74, 6) is -0.148. The first-order valence-electron chi connectivity index (χ1n) is 7.15. The fraction of sp³-hybridized carbons (Fsp3) is 0.312. The van der Waals surface area contributed by atoms with Gasteiger partial charge in [-0.25, -0.2) is 4.98 Å². The monoisotopic (exact) mass is 317 g/mol. The molecule has 0 saturated heterocycles. The van der Waals surface area contributed by atoms with Crippen LogP contribution in [0.15, 0.2) is 35.8 Å². The Labute approximate surface area is 133 Å². The van der Waals surface area contributed by atoms with E-state index in [0.29, 0.717) is 19.4 Å². The quantitative estimate of drug-likeness (QED) is 0.824. The molecule has 0 spiro atoms. The van der Waals surface area contributed by atoms with E-state index in [9.17, 15) is 9.59 Å².